The predicted octanol–water partition coefficient (Wildman–Crippen LogP) is 2.20. The maximum absolute atomic E-state index is 12.2. The Morgan fingerprint density at radius 3 is 2.46 bits per heavy atom. The van der Waals surface area contributed by atoms with Crippen molar-refractivity contribution < 1.29 is 19.4 Å². The molecule has 28 heavy (non-hydrogen) atoms. The van der Waals surface area contributed by atoms with E-state index in [4.69, 9.17) is 4.74 Å². The monoisotopic (exact) mass is 393 g/mol. The zero-order valence-corrected chi connectivity index (χ0v) is 17.7. The molecule has 2 heterocycles. The number of hydrogen-bond donors (Lipinski definition) is 1. The topological polar surface area (TPSA) is 73.3 Å². The summed E-state index contributed by atoms with van der Waals surface area (Å²) in [6, 6.07) is 0.259. The van der Waals surface area contributed by atoms with Crippen LogP contribution in [0.15, 0.2) is 11.8 Å². The number of aliphatic hydroxyl groups excluding tert-OH is 1. The van der Waals surface area contributed by atoms with Gasteiger partial charge in [-0.05, 0) is 50.5 Å². The van der Waals surface area contributed by atoms with Crippen LogP contribution in [0.2, 0.25) is 0 Å². The number of methoxy groups -OCH3 is 1. The van der Waals surface area contributed by atoms with Crippen molar-refractivity contribution in [1.29, 1.82) is 0 Å². The third-order valence-electron chi connectivity index (χ3n) is 6.74. The molecule has 2 aliphatic heterocycles. The molecule has 0 aromatic rings. The molecule has 7 nitrogen and oxygen atoms in total. The number of carbonyl (C=O) groups is 2. The van der Waals surface area contributed by atoms with E-state index in [2.05, 4.69) is 22.8 Å². The van der Waals surface area contributed by atoms with Crippen LogP contribution in [0.3, 0.4) is 0 Å². The summed E-state index contributed by atoms with van der Waals surface area (Å²) in [4.78, 5) is 30.3. The minimum absolute atomic E-state index is 0.0794. The fraction of sp³-hybridized carbons (Fsp3) is 0.810. The van der Waals surface area contributed by atoms with Gasteiger partial charge in [0, 0.05) is 44.3 Å². The number of ether oxygens (including phenoxy) is 1. The summed E-state index contributed by atoms with van der Waals surface area (Å²) in [5.41, 5.74) is 1.16. The number of hydrogen-bond acceptors (Lipinski definition) is 5. The van der Waals surface area contributed by atoms with E-state index in [-0.39, 0.29) is 24.6 Å². The number of nitrogens with zero attached hydrogens (tertiary/aromatic N) is 3. The van der Waals surface area contributed by atoms with Gasteiger partial charge in [-0.2, -0.15) is 0 Å². The van der Waals surface area contributed by atoms with Crippen molar-refractivity contribution in [2.24, 2.45) is 5.41 Å². The van der Waals surface area contributed by atoms with Gasteiger partial charge in [0.25, 0.3) is 0 Å². The van der Waals surface area contributed by atoms with Crippen LogP contribution in [0, 0.1) is 5.41 Å². The number of likely N-dealkylation sites (tertiary alicyclic amines) is 1. The molecule has 1 saturated carbocycles. The van der Waals surface area contributed by atoms with E-state index in [0.717, 1.165) is 38.2 Å². The van der Waals surface area contributed by atoms with Crippen LogP contribution in [0.4, 0.5) is 4.79 Å². The highest BCUT2D eigenvalue weighted by atomic mass is 16.5. The number of piperidine rings is 1. The fourth-order valence-corrected chi connectivity index (χ4v) is 4.71. The molecule has 0 radical (unpaired) electrons. The van der Waals surface area contributed by atoms with Crippen LogP contribution >= 0.6 is 0 Å². The second-order valence-electron chi connectivity index (χ2n) is 9.01. The Bertz CT molecular complexity index is 623. The van der Waals surface area contributed by atoms with Gasteiger partial charge in [0.2, 0.25) is 5.91 Å². The van der Waals surface area contributed by atoms with Gasteiger partial charge in [-0.1, -0.05) is 6.92 Å². The quantitative estimate of drug-likeness (QED) is 0.775. The van der Waals surface area contributed by atoms with Gasteiger partial charge < -0.3 is 14.7 Å². The molecule has 2 amide bonds. The van der Waals surface area contributed by atoms with Crippen LogP contribution in [0.1, 0.15) is 52.9 Å². The van der Waals surface area contributed by atoms with E-state index in [1.165, 1.54) is 20.0 Å². The Morgan fingerprint density at radius 2 is 1.96 bits per heavy atom. The standard InChI is InChI=1S/C21H35N3O4/c1-15-11-18(12-19(13-25)24(15)20(27)28-4)22-9-5-17(6-10-22)23(16(2)26)14-21(3)7-8-21/h11,17-19,25H,5-10,12-14H2,1-4H3. The first-order chi connectivity index (χ1) is 13.3. The average Bonchev–Trinajstić information content (AvgIpc) is 3.42. The van der Waals surface area contributed by atoms with Crippen LogP contribution in [-0.4, -0.2) is 83.3 Å². The Labute approximate surface area is 168 Å². The lowest BCUT2D eigenvalue weighted by Crippen LogP contribution is -2.54. The molecule has 7 heteroatoms. The van der Waals surface area contributed by atoms with Crippen molar-refractivity contribution in [1.82, 2.24) is 14.7 Å². The Hall–Kier alpha value is -1.60. The molecular weight excluding hydrogens is 358 g/mol. The molecule has 2 unspecified atom stereocenters. The molecule has 0 aromatic carbocycles. The van der Waals surface area contributed by atoms with Gasteiger partial charge >= 0.3 is 6.09 Å². The second kappa shape index (κ2) is 8.41. The van der Waals surface area contributed by atoms with E-state index >= 15 is 0 Å². The molecule has 3 rings (SSSR count). The lowest BCUT2D eigenvalue weighted by molar-refractivity contribution is -0.133. The molecule has 2 fully saturated rings. The van der Waals surface area contributed by atoms with E-state index in [1.807, 2.05) is 6.92 Å². The summed E-state index contributed by atoms with van der Waals surface area (Å²) >= 11 is 0. The minimum Gasteiger partial charge on any atom is -0.452 e. The Kier molecular flexibility index (Phi) is 6.34. The Morgan fingerprint density at radius 1 is 1.32 bits per heavy atom. The van der Waals surface area contributed by atoms with E-state index in [9.17, 15) is 14.7 Å². The largest absolute Gasteiger partial charge is 0.452 e. The van der Waals surface area contributed by atoms with Crippen molar-refractivity contribution in [3.8, 4) is 0 Å². The number of carbonyl (C=O) groups excluding carboxylic acids is 2. The molecule has 2 atom stereocenters. The smallest absolute Gasteiger partial charge is 0.414 e. The van der Waals surface area contributed by atoms with Crippen molar-refractivity contribution in [2.45, 2.75) is 71.0 Å². The summed E-state index contributed by atoms with van der Waals surface area (Å²) in [7, 11) is 1.36. The fourth-order valence-electron chi connectivity index (χ4n) is 4.71. The summed E-state index contributed by atoms with van der Waals surface area (Å²) in [6.45, 7) is 8.52. The normalized spacial score (nSPS) is 27.9. The zero-order valence-electron chi connectivity index (χ0n) is 17.7. The maximum atomic E-state index is 12.2. The van der Waals surface area contributed by atoms with Gasteiger partial charge in [0.1, 0.15) is 0 Å². The van der Waals surface area contributed by atoms with Crippen molar-refractivity contribution in [3.05, 3.63) is 11.8 Å². The van der Waals surface area contributed by atoms with Gasteiger partial charge in [0.05, 0.1) is 19.8 Å². The van der Waals surface area contributed by atoms with Gasteiger partial charge in [0.15, 0.2) is 0 Å². The first-order valence-corrected chi connectivity index (χ1v) is 10.5. The third-order valence-corrected chi connectivity index (χ3v) is 6.74. The zero-order chi connectivity index (χ0) is 20.5. The summed E-state index contributed by atoms with van der Waals surface area (Å²) in [6.07, 6.45) is 6.78. The average molecular weight is 394 g/mol. The lowest BCUT2D eigenvalue weighted by atomic mass is 9.94. The summed E-state index contributed by atoms with van der Waals surface area (Å²) in [5.74, 6) is 0.189. The maximum Gasteiger partial charge on any atom is 0.414 e. The van der Waals surface area contributed by atoms with Crippen molar-refractivity contribution in [3.63, 3.8) is 0 Å². The Balaban J connectivity index is 1.62. The summed E-state index contributed by atoms with van der Waals surface area (Å²) in [5, 5.41) is 9.79. The highest BCUT2D eigenvalue weighted by Gasteiger charge is 2.42. The highest BCUT2D eigenvalue weighted by molar-refractivity contribution is 5.73. The highest BCUT2D eigenvalue weighted by Crippen LogP contribution is 2.46. The molecule has 158 valence electrons. The SMILES string of the molecule is COC(=O)N1C(C)=CC(N2CCC(N(CC3(C)CC3)C(C)=O)CC2)CC1CO. The molecule has 0 spiro atoms. The minimum atomic E-state index is -0.421. The number of allylic oxidation sites excluding steroid dienone is 1. The molecular formula is C21H35N3O4. The van der Waals surface area contributed by atoms with E-state index < -0.39 is 6.09 Å². The first kappa shape index (κ1) is 21.1. The second-order valence-corrected chi connectivity index (χ2v) is 9.01. The first-order valence-electron chi connectivity index (χ1n) is 10.5. The molecule has 3 aliphatic rings. The predicted molar refractivity (Wildman–Crippen MR) is 107 cm³/mol. The third kappa shape index (κ3) is 4.51. The number of amides is 2. The molecule has 0 bridgehead atoms. The molecule has 1 saturated heterocycles. The molecule has 0 aromatic heterocycles. The van der Waals surface area contributed by atoms with Crippen LogP contribution in [-0.2, 0) is 9.53 Å². The van der Waals surface area contributed by atoms with Crippen molar-refractivity contribution >= 4 is 12.0 Å². The van der Waals surface area contributed by atoms with Crippen molar-refractivity contribution in [2.75, 3.05) is 33.4 Å². The number of aliphatic hydroxyl groups is 1. The summed E-state index contributed by atoms with van der Waals surface area (Å²) < 4.78 is 4.86. The number of rotatable bonds is 5. The van der Waals surface area contributed by atoms with Crippen LogP contribution < -0.4 is 0 Å². The van der Waals surface area contributed by atoms with E-state index in [1.54, 1.807) is 11.8 Å². The molecule has 1 aliphatic carbocycles. The van der Waals surface area contributed by atoms with E-state index in [0.29, 0.717) is 17.9 Å². The van der Waals surface area contributed by atoms with Gasteiger partial charge in [-0.25, -0.2) is 4.79 Å². The van der Waals surface area contributed by atoms with Crippen LogP contribution in [0.25, 0.3) is 0 Å². The van der Waals surface area contributed by atoms with Crippen LogP contribution in [0.5, 0.6) is 0 Å². The van der Waals surface area contributed by atoms with Gasteiger partial charge in [-0.15, -0.1) is 0 Å². The lowest BCUT2D eigenvalue weighted by Gasteiger charge is -2.45. The van der Waals surface area contributed by atoms with Gasteiger partial charge in [-0.3, -0.25) is 14.6 Å². The molecule has 1 N–H and O–H groups in total.